The molecule has 0 aromatic heterocycles. The van der Waals surface area contributed by atoms with Gasteiger partial charge in [-0.2, -0.15) is 5.26 Å². The molecule has 0 saturated carbocycles. The summed E-state index contributed by atoms with van der Waals surface area (Å²) >= 11 is 0. The van der Waals surface area contributed by atoms with Crippen molar-refractivity contribution < 1.29 is 23.7 Å². The summed E-state index contributed by atoms with van der Waals surface area (Å²) < 4.78 is 27.8. The van der Waals surface area contributed by atoms with Crippen molar-refractivity contribution in [1.82, 2.24) is 0 Å². The third kappa shape index (κ3) is 4.15. The summed E-state index contributed by atoms with van der Waals surface area (Å²) in [5.74, 6) is 3.09. The van der Waals surface area contributed by atoms with Gasteiger partial charge in [0.2, 0.25) is 5.88 Å². The average molecular weight is 461 g/mol. The summed E-state index contributed by atoms with van der Waals surface area (Å²) in [6.45, 7) is 0. The molecular formula is C27H28N2O5. The number of nitriles is 1. The molecule has 0 bridgehead atoms. The van der Waals surface area contributed by atoms with E-state index in [1.165, 1.54) is 0 Å². The van der Waals surface area contributed by atoms with Gasteiger partial charge in [0, 0.05) is 5.92 Å². The Hall–Kier alpha value is -4.05. The fourth-order valence-electron chi connectivity index (χ4n) is 4.59. The van der Waals surface area contributed by atoms with Gasteiger partial charge in [-0.25, -0.2) is 0 Å². The first kappa shape index (κ1) is 23.1. The lowest BCUT2D eigenvalue weighted by Gasteiger charge is -2.33. The molecule has 1 aliphatic heterocycles. The Balaban J connectivity index is 1.82. The molecule has 1 atom stereocenters. The Labute approximate surface area is 199 Å². The molecule has 176 valence electrons. The highest BCUT2D eigenvalue weighted by Crippen LogP contribution is 2.48. The molecule has 0 unspecified atom stereocenters. The van der Waals surface area contributed by atoms with E-state index < -0.39 is 0 Å². The molecule has 4 rings (SSSR count). The highest BCUT2D eigenvalue weighted by atomic mass is 16.5. The number of ether oxygens (including phenoxy) is 5. The summed E-state index contributed by atoms with van der Waals surface area (Å²) in [6, 6.07) is 13.7. The third-order valence-electron chi connectivity index (χ3n) is 6.20. The Morgan fingerprint density at radius 1 is 0.912 bits per heavy atom. The zero-order valence-corrected chi connectivity index (χ0v) is 19.8. The maximum absolute atomic E-state index is 9.93. The maximum Gasteiger partial charge on any atom is 0.205 e. The lowest BCUT2D eigenvalue weighted by Crippen LogP contribution is -2.23. The van der Waals surface area contributed by atoms with Crippen LogP contribution in [0.2, 0.25) is 0 Å². The van der Waals surface area contributed by atoms with Gasteiger partial charge in [-0.1, -0.05) is 12.1 Å². The van der Waals surface area contributed by atoms with Gasteiger partial charge in [0.25, 0.3) is 0 Å². The number of hydrogen-bond acceptors (Lipinski definition) is 7. The van der Waals surface area contributed by atoms with Crippen LogP contribution in [0.4, 0.5) is 0 Å². The first-order chi connectivity index (χ1) is 16.5. The number of nitrogens with zero attached hydrogens (tertiary/aromatic N) is 1. The monoisotopic (exact) mass is 460 g/mol. The molecule has 2 aromatic rings. The Bertz CT molecular complexity index is 1240. The zero-order chi connectivity index (χ0) is 24.2. The van der Waals surface area contributed by atoms with Gasteiger partial charge in [0.1, 0.15) is 17.4 Å². The predicted octanol–water partition coefficient (Wildman–Crippen LogP) is 5.05. The number of hydrogen-bond donors (Lipinski definition) is 1. The fourth-order valence-corrected chi connectivity index (χ4v) is 4.59. The number of rotatable bonds is 6. The molecule has 2 aromatic carbocycles. The molecule has 0 amide bonds. The largest absolute Gasteiger partial charge is 0.493 e. The van der Waals surface area contributed by atoms with Crippen molar-refractivity contribution in [3.63, 3.8) is 0 Å². The summed E-state index contributed by atoms with van der Waals surface area (Å²) in [5, 5.41) is 9.93. The lowest BCUT2D eigenvalue weighted by molar-refractivity contribution is 0.277. The second-order valence-corrected chi connectivity index (χ2v) is 8.03. The quantitative estimate of drug-likeness (QED) is 0.644. The molecule has 1 aliphatic carbocycles. The lowest BCUT2D eigenvalue weighted by atomic mass is 9.77. The van der Waals surface area contributed by atoms with Crippen molar-refractivity contribution in [2.45, 2.75) is 25.2 Å². The molecule has 0 saturated heterocycles. The van der Waals surface area contributed by atoms with Crippen LogP contribution in [-0.2, 0) is 4.74 Å². The highest BCUT2D eigenvalue weighted by molar-refractivity contribution is 5.64. The van der Waals surface area contributed by atoms with E-state index >= 15 is 0 Å². The van der Waals surface area contributed by atoms with Crippen LogP contribution in [0.3, 0.4) is 0 Å². The minimum absolute atomic E-state index is 0.126. The van der Waals surface area contributed by atoms with Crippen LogP contribution in [0.15, 0.2) is 64.8 Å². The van der Waals surface area contributed by atoms with Crippen molar-refractivity contribution in [3.8, 4) is 29.1 Å². The fraction of sp³-hybridized carbons (Fsp3) is 0.296. The van der Waals surface area contributed by atoms with E-state index in [-0.39, 0.29) is 11.8 Å². The van der Waals surface area contributed by atoms with Gasteiger partial charge in [0.05, 0.1) is 28.4 Å². The number of benzene rings is 2. The molecule has 0 fully saturated rings. The highest BCUT2D eigenvalue weighted by Gasteiger charge is 2.36. The van der Waals surface area contributed by atoms with Crippen LogP contribution in [0.25, 0.3) is 6.08 Å². The molecule has 2 N–H and O–H groups in total. The first-order valence-corrected chi connectivity index (χ1v) is 11.0. The predicted molar refractivity (Wildman–Crippen MR) is 129 cm³/mol. The van der Waals surface area contributed by atoms with Gasteiger partial charge in [0.15, 0.2) is 23.0 Å². The molecule has 1 heterocycles. The van der Waals surface area contributed by atoms with Crippen LogP contribution >= 0.6 is 0 Å². The van der Waals surface area contributed by atoms with Crippen LogP contribution in [0.5, 0.6) is 23.0 Å². The van der Waals surface area contributed by atoms with Crippen LogP contribution < -0.4 is 24.7 Å². The number of nitrogens with two attached hydrogens (primary N) is 1. The minimum atomic E-state index is -0.317. The van der Waals surface area contributed by atoms with Crippen molar-refractivity contribution in [1.29, 1.82) is 5.26 Å². The Kier molecular flexibility index (Phi) is 6.69. The smallest absolute Gasteiger partial charge is 0.205 e. The van der Waals surface area contributed by atoms with E-state index in [1.807, 2.05) is 36.4 Å². The number of methoxy groups -OCH3 is 4. The SMILES string of the molecule is COc1ccc(/C=C2\CCCC3=C2OC(N)=C(C#N)[C@@H]3c2ccc(OC)c(OC)c2)cc1OC. The molecular weight excluding hydrogens is 432 g/mol. The minimum Gasteiger partial charge on any atom is -0.493 e. The van der Waals surface area contributed by atoms with E-state index in [4.69, 9.17) is 29.4 Å². The summed E-state index contributed by atoms with van der Waals surface area (Å²) in [7, 11) is 6.41. The molecule has 0 spiro atoms. The van der Waals surface area contributed by atoms with Gasteiger partial charge < -0.3 is 29.4 Å². The van der Waals surface area contributed by atoms with E-state index in [9.17, 15) is 5.26 Å². The van der Waals surface area contributed by atoms with E-state index in [0.29, 0.717) is 28.6 Å². The van der Waals surface area contributed by atoms with Crippen molar-refractivity contribution in [2.75, 3.05) is 28.4 Å². The average Bonchev–Trinajstić information content (AvgIpc) is 2.87. The van der Waals surface area contributed by atoms with Gasteiger partial charge in [-0.3, -0.25) is 0 Å². The van der Waals surface area contributed by atoms with Gasteiger partial charge in [-0.15, -0.1) is 0 Å². The van der Waals surface area contributed by atoms with E-state index in [1.54, 1.807) is 28.4 Å². The van der Waals surface area contributed by atoms with Gasteiger partial charge >= 0.3 is 0 Å². The second kappa shape index (κ2) is 9.84. The van der Waals surface area contributed by atoms with Crippen LogP contribution in [0, 0.1) is 11.3 Å². The summed E-state index contributed by atoms with van der Waals surface area (Å²) in [4.78, 5) is 0. The molecule has 34 heavy (non-hydrogen) atoms. The van der Waals surface area contributed by atoms with Crippen molar-refractivity contribution >= 4 is 6.08 Å². The van der Waals surface area contributed by atoms with Gasteiger partial charge in [-0.05, 0) is 71.9 Å². The Morgan fingerprint density at radius 3 is 2.21 bits per heavy atom. The molecule has 7 heteroatoms. The van der Waals surface area contributed by atoms with Crippen LogP contribution in [-0.4, -0.2) is 28.4 Å². The van der Waals surface area contributed by atoms with E-state index in [2.05, 4.69) is 12.1 Å². The van der Waals surface area contributed by atoms with Crippen molar-refractivity contribution in [2.24, 2.45) is 5.73 Å². The van der Waals surface area contributed by atoms with Crippen molar-refractivity contribution in [3.05, 3.63) is 75.9 Å². The topological polar surface area (TPSA) is 96.0 Å². The van der Waals surface area contributed by atoms with E-state index in [0.717, 1.165) is 47.3 Å². The standard InChI is InChI=1S/C27H28N2O5/c1-30-21-10-8-16(13-23(21)32-3)12-18-6-5-7-19-25(20(15-28)27(29)34-26(18)19)17-9-11-22(31-2)24(14-17)33-4/h8-14,25H,5-7,29H2,1-4H3/b18-12+/t25-/m1/s1. The summed E-state index contributed by atoms with van der Waals surface area (Å²) in [6.07, 6.45) is 4.65. The second-order valence-electron chi connectivity index (χ2n) is 8.03. The van der Waals surface area contributed by atoms with Crippen LogP contribution in [0.1, 0.15) is 36.3 Å². The maximum atomic E-state index is 9.93. The Morgan fingerprint density at radius 2 is 1.56 bits per heavy atom. The number of allylic oxidation sites excluding steroid dienone is 3. The normalized spacial score (nSPS) is 18.7. The first-order valence-electron chi connectivity index (χ1n) is 11.0. The summed E-state index contributed by atoms with van der Waals surface area (Å²) in [5.41, 5.74) is 10.6. The zero-order valence-electron chi connectivity index (χ0n) is 19.8. The third-order valence-corrected chi connectivity index (χ3v) is 6.20. The molecule has 0 radical (unpaired) electrons. The molecule has 2 aliphatic rings. The molecule has 7 nitrogen and oxygen atoms in total.